The van der Waals surface area contributed by atoms with Crippen LogP contribution in [0.15, 0.2) is 24.3 Å². The van der Waals surface area contributed by atoms with E-state index >= 15 is 0 Å². The van der Waals surface area contributed by atoms with Crippen molar-refractivity contribution in [2.24, 2.45) is 5.73 Å². The summed E-state index contributed by atoms with van der Waals surface area (Å²) in [4.78, 5) is 35.2. The Kier molecular flexibility index (Phi) is 7.88. The van der Waals surface area contributed by atoms with Crippen molar-refractivity contribution in [3.05, 3.63) is 35.6 Å². The molecular formula is C17H24FN3O3. The van der Waals surface area contributed by atoms with Crippen LogP contribution in [0.4, 0.5) is 4.39 Å². The third-order valence-corrected chi connectivity index (χ3v) is 3.55. The molecule has 0 bridgehead atoms. The van der Waals surface area contributed by atoms with Gasteiger partial charge < -0.3 is 16.4 Å². The highest BCUT2D eigenvalue weighted by molar-refractivity contribution is 5.91. The number of halogens is 1. The summed E-state index contributed by atoms with van der Waals surface area (Å²) >= 11 is 0. The third-order valence-electron chi connectivity index (χ3n) is 3.55. The molecule has 0 heterocycles. The van der Waals surface area contributed by atoms with E-state index in [4.69, 9.17) is 5.73 Å². The summed E-state index contributed by atoms with van der Waals surface area (Å²) < 4.78 is 13.0. The lowest BCUT2D eigenvalue weighted by Gasteiger charge is -2.21. The standard InChI is InChI=1S/C17H24FN3O3/c1-3-4-5-14(16(19)23)21-17(24)15(20-11(2)22)10-12-6-8-13(18)9-7-12/h6-9,14-15H,3-5,10H2,1-2H3,(H2,19,23)(H,20,22)(H,21,24)/t14-,15-/m0/s1. The van der Waals surface area contributed by atoms with Crippen LogP contribution >= 0.6 is 0 Å². The minimum absolute atomic E-state index is 0.185. The van der Waals surface area contributed by atoms with Crippen molar-refractivity contribution in [1.82, 2.24) is 10.6 Å². The second kappa shape index (κ2) is 9.64. The van der Waals surface area contributed by atoms with Crippen LogP contribution in [0.5, 0.6) is 0 Å². The van der Waals surface area contributed by atoms with Crippen molar-refractivity contribution in [3.63, 3.8) is 0 Å². The quantitative estimate of drug-likeness (QED) is 0.627. The van der Waals surface area contributed by atoms with Gasteiger partial charge in [-0.25, -0.2) is 4.39 Å². The number of rotatable bonds is 9. The fourth-order valence-electron chi connectivity index (χ4n) is 2.28. The first kappa shape index (κ1) is 19.6. The van der Waals surface area contributed by atoms with Crippen molar-refractivity contribution in [1.29, 1.82) is 0 Å². The number of unbranched alkanes of at least 4 members (excludes halogenated alkanes) is 1. The zero-order valence-corrected chi connectivity index (χ0v) is 14.0. The van der Waals surface area contributed by atoms with Gasteiger partial charge >= 0.3 is 0 Å². The molecule has 3 amide bonds. The number of carbonyl (C=O) groups is 3. The summed E-state index contributed by atoms with van der Waals surface area (Å²) in [6.07, 6.45) is 2.24. The number of amides is 3. The molecule has 24 heavy (non-hydrogen) atoms. The summed E-state index contributed by atoms with van der Waals surface area (Å²) in [6, 6.07) is 4.01. The molecule has 0 unspecified atom stereocenters. The van der Waals surface area contributed by atoms with E-state index in [1.807, 2.05) is 6.92 Å². The van der Waals surface area contributed by atoms with Crippen LogP contribution in [0.25, 0.3) is 0 Å². The summed E-state index contributed by atoms with van der Waals surface area (Å²) in [5, 5.41) is 5.13. The van der Waals surface area contributed by atoms with Crippen molar-refractivity contribution in [3.8, 4) is 0 Å². The van der Waals surface area contributed by atoms with E-state index in [0.717, 1.165) is 12.8 Å². The normalized spacial score (nSPS) is 13.0. The lowest BCUT2D eigenvalue weighted by atomic mass is 10.0. The molecule has 7 heteroatoms. The molecule has 132 valence electrons. The van der Waals surface area contributed by atoms with Gasteiger partial charge in [0.2, 0.25) is 17.7 Å². The predicted molar refractivity (Wildman–Crippen MR) is 88.4 cm³/mol. The van der Waals surface area contributed by atoms with Gasteiger partial charge in [0.25, 0.3) is 0 Å². The van der Waals surface area contributed by atoms with Crippen LogP contribution in [-0.4, -0.2) is 29.8 Å². The second-order valence-electron chi connectivity index (χ2n) is 5.69. The van der Waals surface area contributed by atoms with E-state index < -0.39 is 23.9 Å². The molecule has 0 spiro atoms. The predicted octanol–water partition coefficient (Wildman–Crippen LogP) is 1.03. The Morgan fingerprint density at radius 3 is 2.25 bits per heavy atom. The molecule has 0 saturated carbocycles. The van der Waals surface area contributed by atoms with Gasteiger partial charge in [-0.1, -0.05) is 31.9 Å². The van der Waals surface area contributed by atoms with E-state index in [-0.39, 0.29) is 18.1 Å². The Morgan fingerprint density at radius 1 is 1.12 bits per heavy atom. The highest BCUT2D eigenvalue weighted by Crippen LogP contribution is 2.07. The summed E-state index contributed by atoms with van der Waals surface area (Å²) in [7, 11) is 0. The van der Waals surface area contributed by atoms with Crippen LogP contribution in [0.1, 0.15) is 38.7 Å². The second-order valence-corrected chi connectivity index (χ2v) is 5.69. The van der Waals surface area contributed by atoms with E-state index in [9.17, 15) is 18.8 Å². The maximum atomic E-state index is 13.0. The molecule has 0 saturated heterocycles. The Labute approximate surface area is 141 Å². The SMILES string of the molecule is CCCC[C@H](NC(=O)[C@H](Cc1ccc(F)cc1)NC(C)=O)C(N)=O. The van der Waals surface area contributed by atoms with Gasteiger partial charge in [-0.05, 0) is 24.1 Å². The average Bonchev–Trinajstić information content (AvgIpc) is 2.52. The van der Waals surface area contributed by atoms with Crippen LogP contribution < -0.4 is 16.4 Å². The summed E-state index contributed by atoms with van der Waals surface area (Å²) in [6.45, 7) is 3.27. The number of benzene rings is 1. The number of primary amides is 1. The Morgan fingerprint density at radius 2 is 1.75 bits per heavy atom. The van der Waals surface area contributed by atoms with E-state index in [2.05, 4.69) is 10.6 Å². The topological polar surface area (TPSA) is 101 Å². The molecule has 1 aromatic carbocycles. The first-order valence-corrected chi connectivity index (χ1v) is 7.94. The maximum absolute atomic E-state index is 13.0. The number of hydrogen-bond donors (Lipinski definition) is 3. The van der Waals surface area contributed by atoms with Gasteiger partial charge in [-0.15, -0.1) is 0 Å². The molecule has 0 aromatic heterocycles. The monoisotopic (exact) mass is 337 g/mol. The summed E-state index contributed by atoms with van der Waals surface area (Å²) in [5.41, 5.74) is 6.00. The Bertz CT molecular complexity index is 575. The van der Waals surface area contributed by atoms with Gasteiger partial charge in [-0.2, -0.15) is 0 Å². The molecular weight excluding hydrogens is 313 g/mol. The first-order chi connectivity index (χ1) is 11.3. The van der Waals surface area contributed by atoms with Gasteiger partial charge in [0, 0.05) is 13.3 Å². The average molecular weight is 337 g/mol. The number of hydrogen-bond acceptors (Lipinski definition) is 3. The van der Waals surface area contributed by atoms with Gasteiger partial charge in [-0.3, -0.25) is 14.4 Å². The number of nitrogens with one attached hydrogen (secondary N) is 2. The molecule has 0 aliphatic rings. The molecule has 0 aliphatic carbocycles. The molecule has 1 aromatic rings. The minimum atomic E-state index is -0.864. The maximum Gasteiger partial charge on any atom is 0.243 e. The Balaban J connectivity index is 2.81. The van der Waals surface area contributed by atoms with Crippen molar-refractivity contribution in [2.45, 2.75) is 51.6 Å². The highest BCUT2D eigenvalue weighted by Gasteiger charge is 2.24. The number of carbonyl (C=O) groups excluding carboxylic acids is 3. The van der Waals surface area contributed by atoms with Crippen LogP contribution in [0.3, 0.4) is 0 Å². The lowest BCUT2D eigenvalue weighted by Crippen LogP contribution is -2.53. The van der Waals surface area contributed by atoms with Crippen molar-refractivity contribution in [2.75, 3.05) is 0 Å². The van der Waals surface area contributed by atoms with Crippen LogP contribution in [0, 0.1) is 5.82 Å². The minimum Gasteiger partial charge on any atom is -0.368 e. The molecule has 0 radical (unpaired) electrons. The fraction of sp³-hybridized carbons (Fsp3) is 0.471. The molecule has 0 aliphatic heterocycles. The molecule has 6 nitrogen and oxygen atoms in total. The molecule has 0 fully saturated rings. The van der Waals surface area contributed by atoms with Crippen molar-refractivity contribution >= 4 is 17.7 Å². The zero-order chi connectivity index (χ0) is 18.1. The molecule has 2 atom stereocenters. The van der Waals surface area contributed by atoms with Crippen LogP contribution in [0.2, 0.25) is 0 Å². The third kappa shape index (κ3) is 6.76. The van der Waals surface area contributed by atoms with Gasteiger partial charge in [0.1, 0.15) is 17.9 Å². The van der Waals surface area contributed by atoms with E-state index in [0.29, 0.717) is 12.0 Å². The lowest BCUT2D eigenvalue weighted by molar-refractivity contribution is -0.130. The number of nitrogens with two attached hydrogens (primary N) is 1. The fourth-order valence-corrected chi connectivity index (χ4v) is 2.28. The zero-order valence-electron chi connectivity index (χ0n) is 14.0. The smallest absolute Gasteiger partial charge is 0.243 e. The van der Waals surface area contributed by atoms with Gasteiger partial charge in [0.15, 0.2) is 0 Å². The van der Waals surface area contributed by atoms with Gasteiger partial charge in [0.05, 0.1) is 0 Å². The first-order valence-electron chi connectivity index (χ1n) is 7.94. The molecule has 1 rings (SSSR count). The largest absolute Gasteiger partial charge is 0.368 e. The highest BCUT2D eigenvalue weighted by atomic mass is 19.1. The van der Waals surface area contributed by atoms with E-state index in [1.165, 1.54) is 19.1 Å². The van der Waals surface area contributed by atoms with Crippen LogP contribution in [-0.2, 0) is 20.8 Å². The van der Waals surface area contributed by atoms with E-state index in [1.54, 1.807) is 12.1 Å². The van der Waals surface area contributed by atoms with Crippen molar-refractivity contribution < 1.29 is 18.8 Å². The Hall–Kier alpha value is -2.44. The summed E-state index contributed by atoms with van der Waals surface area (Å²) in [5.74, 6) is -1.86. The molecule has 4 N–H and O–H groups in total.